The normalized spacial score (nSPS) is 17.4. The van der Waals surface area contributed by atoms with Crippen LogP contribution in [0.15, 0.2) is 23.8 Å². The van der Waals surface area contributed by atoms with Crippen LogP contribution in [0.2, 0.25) is 0 Å². The summed E-state index contributed by atoms with van der Waals surface area (Å²) >= 11 is 0. The second kappa shape index (κ2) is 8.67. The van der Waals surface area contributed by atoms with Crippen LogP contribution in [0, 0.1) is 5.92 Å². The Labute approximate surface area is 127 Å². The fourth-order valence-electron chi connectivity index (χ4n) is 2.96. The molecule has 0 heterocycles. The summed E-state index contributed by atoms with van der Waals surface area (Å²) in [6.07, 6.45) is 14.6. The summed E-state index contributed by atoms with van der Waals surface area (Å²) in [5, 5.41) is 0. The van der Waals surface area contributed by atoms with Gasteiger partial charge in [-0.2, -0.15) is 0 Å². The molecule has 0 bridgehead atoms. The lowest BCUT2D eigenvalue weighted by atomic mass is 9.95. The first-order valence-corrected chi connectivity index (χ1v) is 8.58. The maximum Gasteiger partial charge on any atom is 0.0195 e. The highest BCUT2D eigenvalue weighted by Gasteiger charge is 2.41. The van der Waals surface area contributed by atoms with Crippen LogP contribution < -0.4 is 0 Å². The molecule has 0 N–H and O–H groups in total. The summed E-state index contributed by atoms with van der Waals surface area (Å²) in [7, 11) is 0. The first-order valence-electron chi connectivity index (χ1n) is 8.58. The van der Waals surface area contributed by atoms with E-state index in [9.17, 15) is 0 Å². The van der Waals surface area contributed by atoms with E-state index in [1.165, 1.54) is 44.2 Å². The lowest BCUT2D eigenvalue weighted by Gasteiger charge is -2.39. The van der Waals surface area contributed by atoms with Gasteiger partial charge < -0.3 is 0 Å². The molecule has 0 aromatic carbocycles. The monoisotopic (exact) mass is 277 g/mol. The third-order valence-corrected chi connectivity index (χ3v) is 4.55. The van der Waals surface area contributed by atoms with Crippen LogP contribution in [0.5, 0.6) is 0 Å². The average Bonchev–Trinajstić information content (AvgIpc) is 3.22. The zero-order valence-electron chi connectivity index (χ0n) is 14.4. The Morgan fingerprint density at radius 3 is 2.40 bits per heavy atom. The number of hydrogen-bond acceptors (Lipinski definition) is 1. The third-order valence-electron chi connectivity index (χ3n) is 4.55. The molecular weight excluding hydrogens is 242 g/mol. The molecule has 0 spiro atoms. The zero-order chi connectivity index (χ0) is 15.0. The molecule has 20 heavy (non-hydrogen) atoms. The minimum Gasteiger partial charge on any atom is -0.294 e. The van der Waals surface area contributed by atoms with E-state index in [2.05, 4.69) is 57.7 Å². The van der Waals surface area contributed by atoms with Gasteiger partial charge in [0.1, 0.15) is 0 Å². The molecule has 0 radical (unpaired) electrons. The van der Waals surface area contributed by atoms with Gasteiger partial charge in [0.2, 0.25) is 0 Å². The van der Waals surface area contributed by atoms with Crippen molar-refractivity contribution < 1.29 is 0 Å². The molecule has 1 aliphatic carbocycles. The van der Waals surface area contributed by atoms with E-state index in [0.717, 1.165) is 18.9 Å². The fourth-order valence-corrected chi connectivity index (χ4v) is 2.96. The minimum absolute atomic E-state index is 0.382. The summed E-state index contributed by atoms with van der Waals surface area (Å²) in [5.41, 5.74) is 1.92. The van der Waals surface area contributed by atoms with Crippen LogP contribution in [0.1, 0.15) is 73.1 Å². The number of hydrogen-bond donors (Lipinski definition) is 0. The maximum atomic E-state index is 2.71. The van der Waals surface area contributed by atoms with Crippen LogP contribution in [0.25, 0.3) is 0 Å². The van der Waals surface area contributed by atoms with E-state index in [0.29, 0.717) is 5.54 Å². The lowest BCUT2D eigenvalue weighted by molar-refractivity contribution is 0.110. The van der Waals surface area contributed by atoms with Gasteiger partial charge in [-0.3, -0.25) is 4.90 Å². The van der Waals surface area contributed by atoms with Crippen LogP contribution >= 0.6 is 0 Å². The number of allylic oxidation sites excluding steroid dienone is 3. The van der Waals surface area contributed by atoms with Crippen LogP contribution in [0.4, 0.5) is 0 Å². The maximum absolute atomic E-state index is 2.71. The van der Waals surface area contributed by atoms with Crippen molar-refractivity contribution in [2.24, 2.45) is 5.92 Å². The quantitative estimate of drug-likeness (QED) is 0.372. The van der Waals surface area contributed by atoms with Gasteiger partial charge >= 0.3 is 0 Å². The molecule has 1 saturated carbocycles. The van der Waals surface area contributed by atoms with Gasteiger partial charge in [-0.1, -0.05) is 37.6 Å². The predicted octanol–water partition coefficient (Wildman–Crippen LogP) is 5.58. The van der Waals surface area contributed by atoms with Crippen molar-refractivity contribution >= 4 is 0 Å². The van der Waals surface area contributed by atoms with E-state index in [4.69, 9.17) is 0 Å². The van der Waals surface area contributed by atoms with Crippen molar-refractivity contribution in [3.63, 3.8) is 0 Å². The predicted molar refractivity (Wildman–Crippen MR) is 91.1 cm³/mol. The molecule has 116 valence electrons. The van der Waals surface area contributed by atoms with E-state index in [1.54, 1.807) is 0 Å². The first-order chi connectivity index (χ1) is 9.52. The summed E-state index contributed by atoms with van der Waals surface area (Å²) in [6.45, 7) is 14.0. The summed E-state index contributed by atoms with van der Waals surface area (Å²) in [5.74, 6) is 0.925. The standard InChI is InChI=1S/C19H35N/c1-6-8-9-10-11-12-17(3)16-20(15-7-2)19(4,5)18-13-14-18/h8-9,12,18H,6-7,10-11,13-16H2,1-5H3/b9-8-,17-12+. The van der Waals surface area contributed by atoms with Crippen molar-refractivity contribution in [1.82, 2.24) is 4.90 Å². The molecule has 0 atom stereocenters. The largest absolute Gasteiger partial charge is 0.294 e. The highest BCUT2D eigenvalue weighted by Crippen LogP contribution is 2.43. The van der Waals surface area contributed by atoms with E-state index < -0.39 is 0 Å². The van der Waals surface area contributed by atoms with Gasteiger partial charge in [-0.15, -0.1) is 0 Å². The summed E-state index contributed by atoms with van der Waals surface area (Å²) in [6, 6.07) is 0. The Morgan fingerprint density at radius 2 is 1.85 bits per heavy atom. The zero-order valence-corrected chi connectivity index (χ0v) is 14.4. The van der Waals surface area contributed by atoms with Gasteiger partial charge in [0.25, 0.3) is 0 Å². The Kier molecular flexibility index (Phi) is 7.58. The smallest absolute Gasteiger partial charge is 0.0195 e. The SMILES string of the molecule is CC/C=C\CC/C=C(\C)CN(CCC)C(C)(C)C1CC1. The second-order valence-electron chi connectivity index (χ2n) is 6.86. The Hall–Kier alpha value is -0.560. The van der Waals surface area contributed by atoms with Crippen molar-refractivity contribution in [3.05, 3.63) is 23.8 Å². The van der Waals surface area contributed by atoms with E-state index in [1.807, 2.05) is 0 Å². The van der Waals surface area contributed by atoms with E-state index >= 15 is 0 Å². The molecule has 0 aliphatic heterocycles. The van der Waals surface area contributed by atoms with Crippen molar-refractivity contribution in [3.8, 4) is 0 Å². The molecule has 1 nitrogen and oxygen atoms in total. The molecule has 1 aliphatic rings. The minimum atomic E-state index is 0.382. The molecule has 0 aromatic rings. The molecule has 0 aromatic heterocycles. The van der Waals surface area contributed by atoms with Gasteiger partial charge in [0, 0.05) is 12.1 Å². The average molecular weight is 277 g/mol. The van der Waals surface area contributed by atoms with Crippen LogP contribution in [-0.2, 0) is 0 Å². The Morgan fingerprint density at radius 1 is 1.15 bits per heavy atom. The van der Waals surface area contributed by atoms with Crippen molar-refractivity contribution in [2.75, 3.05) is 13.1 Å². The third kappa shape index (κ3) is 5.83. The highest BCUT2D eigenvalue weighted by molar-refractivity contribution is 5.06. The second-order valence-corrected chi connectivity index (χ2v) is 6.86. The van der Waals surface area contributed by atoms with Gasteiger partial charge in [0.15, 0.2) is 0 Å². The van der Waals surface area contributed by atoms with Gasteiger partial charge in [0.05, 0.1) is 0 Å². The molecule has 1 fully saturated rings. The van der Waals surface area contributed by atoms with Gasteiger partial charge in [-0.05, 0) is 71.8 Å². The Balaban J connectivity index is 2.47. The van der Waals surface area contributed by atoms with Crippen molar-refractivity contribution in [1.29, 1.82) is 0 Å². The molecule has 0 saturated heterocycles. The highest BCUT2D eigenvalue weighted by atomic mass is 15.2. The van der Waals surface area contributed by atoms with Crippen LogP contribution in [0.3, 0.4) is 0 Å². The number of unbranched alkanes of at least 4 members (excludes halogenated alkanes) is 1. The lowest BCUT2D eigenvalue weighted by Crippen LogP contribution is -2.46. The number of nitrogens with zero attached hydrogens (tertiary/aromatic N) is 1. The van der Waals surface area contributed by atoms with E-state index in [-0.39, 0.29) is 0 Å². The number of rotatable bonds is 10. The summed E-state index contributed by atoms with van der Waals surface area (Å²) in [4.78, 5) is 2.71. The first kappa shape index (κ1) is 17.5. The van der Waals surface area contributed by atoms with Crippen LogP contribution in [-0.4, -0.2) is 23.5 Å². The topological polar surface area (TPSA) is 3.24 Å². The fraction of sp³-hybridized carbons (Fsp3) is 0.789. The molecule has 1 heteroatoms. The molecule has 0 unspecified atom stereocenters. The Bertz CT molecular complexity index is 321. The van der Waals surface area contributed by atoms with Gasteiger partial charge in [-0.25, -0.2) is 0 Å². The summed E-state index contributed by atoms with van der Waals surface area (Å²) < 4.78 is 0. The molecule has 0 amide bonds. The molecule has 1 rings (SSSR count). The molecular formula is C19H35N. The van der Waals surface area contributed by atoms with Crippen molar-refractivity contribution in [2.45, 2.75) is 78.7 Å².